The average Bonchev–Trinajstić information content (AvgIpc) is 2.87. The van der Waals surface area contributed by atoms with Crippen LogP contribution in [0.4, 0.5) is 5.82 Å². The van der Waals surface area contributed by atoms with E-state index in [2.05, 4.69) is 34.7 Å². The fourth-order valence-corrected chi connectivity index (χ4v) is 4.66. The van der Waals surface area contributed by atoms with Gasteiger partial charge in [0.25, 0.3) is 5.91 Å². The number of nitrogens with zero attached hydrogens (tertiary/aromatic N) is 2. The zero-order valence-electron chi connectivity index (χ0n) is 19.9. The number of ether oxygens (including phenoxy) is 1. The topological polar surface area (TPSA) is 76.1 Å². The molecule has 0 saturated heterocycles. The summed E-state index contributed by atoms with van der Waals surface area (Å²) < 4.78 is 5.85. The molecule has 0 spiro atoms. The SMILES string of the molecule is Cc1cc(NC2CCC(NC(=O)c3cccnc3Oc3ccc(Cl)cc3)CC2)nc2ccccc12.Cl. The van der Waals surface area contributed by atoms with Crippen molar-refractivity contribution in [1.29, 1.82) is 0 Å². The normalized spacial score (nSPS) is 17.2. The van der Waals surface area contributed by atoms with Crippen molar-refractivity contribution in [3.8, 4) is 11.6 Å². The number of benzene rings is 2. The zero-order chi connectivity index (χ0) is 24.2. The Balaban J connectivity index is 0.00000304. The molecular formula is C28H28Cl2N4O2. The molecule has 1 aliphatic carbocycles. The van der Waals surface area contributed by atoms with Crippen molar-refractivity contribution in [2.75, 3.05) is 5.32 Å². The molecule has 1 saturated carbocycles. The molecule has 0 radical (unpaired) electrons. The van der Waals surface area contributed by atoms with Crippen LogP contribution in [-0.2, 0) is 0 Å². The summed E-state index contributed by atoms with van der Waals surface area (Å²) >= 11 is 5.95. The highest BCUT2D eigenvalue weighted by Gasteiger charge is 2.24. The summed E-state index contributed by atoms with van der Waals surface area (Å²) in [6, 6.07) is 21.2. The Hall–Kier alpha value is -3.35. The van der Waals surface area contributed by atoms with E-state index in [4.69, 9.17) is 21.3 Å². The van der Waals surface area contributed by atoms with Gasteiger partial charge in [-0.2, -0.15) is 0 Å². The Kier molecular flexibility index (Phi) is 8.28. The third kappa shape index (κ3) is 6.07. The van der Waals surface area contributed by atoms with Gasteiger partial charge in [-0.1, -0.05) is 29.8 Å². The van der Waals surface area contributed by atoms with Crippen LogP contribution in [0.15, 0.2) is 72.9 Å². The van der Waals surface area contributed by atoms with Crippen molar-refractivity contribution in [1.82, 2.24) is 15.3 Å². The highest BCUT2D eigenvalue weighted by atomic mass is 35.5. The fraction of sp³-hybridized carbons (Fsp3) is 0.250. The van der Waals surface area contributed by atoms with Crippen LogP contribution < -0.4 is 15.4 Å². The molecule has 4 aromatic rings. The lowest BCUT2D eigenvalue weighted by molar-refractivity contribution is 0.0923. The Morgan fingerprint density at radius 1 is 0.972 bits per heavy atom. The second-order valence-corrected chi connectivity index (χ2v) is 9.36. The number of fused-ring (bicyclic) bond motifs is 1. The molecule has 1 aliphatic rings. The van der Waals surface area contributed by atoms with E-state index in [0.29, 0.717) is 22.4 Å². The van der Waals surface area contributed by atoms with Gasteiger partial charge in [-0.25, -0.2) is 9.97 Å². The quantitative estimate of drug-likeness (QED) is 0.286. The number of carbonyl (C=O) groups excluding carboxylic acids is 1. The van der Waals surface area contributed by atoms with E-state index in [1.54, 1.807) is 42.6 Å². The summed E-state index contributed by atoms with van der Waals surface area (Å²) in [4.78, 5) is 22.1. The molecule has 0 unspecified atom stereocenters. The predicted octanol–water partition coefficient (Wildman–Crippen LogP) is 6.96. The van der Waals surface area contributed by atoms with Gasteiger partial charge in [-0.15, -0.1) is 12.4 Å². The van der Waals surface area contributed by atoms with E-state index >= 15 is 0 Å². The fourth-order valence-electron chi connectivity index (χ4n) is 4.54. The van der Waals surface area contributed by atoms with Gasteiger partial charge in [0.2, 0.25) is 5.88 Å². The number of pyridine rings is 2. The second kappa shape index (κ2) is 11.6. The van der Waals surface area contributed by atoms with Crippen LogP contribution in [0.25, 0.3) is 10.9 Å². The Bertz CT molecular complexity index is 1340. The maximum atomic E-state index is 13.0. The van der Waals surface area contributed by atoms with Gasteiger partial charge in [0.1, 0.15) is 17.1 Å². The van der Waals surface area contributed by atoms with Crippen molar-refractivity contribution in [3.05, 3.63) is 89.1 Å². The van der Waals surface area contributed by atoms with Crippen molar-refractivity contribution < 1.29 is 9.53 Å². The van der Waals surface area contributed by atoms with Gasteiger partial charge in [-0.05, 0) is 86.7 Å². The Morgan fingerprint density at radius 3 is 2.47 bits per heavy atom. The van der Waals surface area contributed by atoms with Gasteiger partial charge in [-0.3, -0.25) is 4.79 Å². The number of nitrogens with one attached hydrogen (secondary N) is 2. The largest absolute Gasteiger partial charge is 0.438 e. The van der Waals surface area contributed by atoms with Gasteiger partial charge >= 0.3 is 0 Å². The molecule has 0 aliphatic heterocycles. The molecule has 186 valence electrons. The van der Waals surface area contributed by atoms with E-state index in [-0.39, 0.29) is 30.2 Å². The predicted molar refractivity (Wildman–Crippen MR) is 147 cm³/mol. The number of hydrogen-bond donors (Lipinski definition) is 2. The van der Waals surface area contributed by atoms with Gasteiger partial charge < -0.3 is 15.4 Å². The minimum atomic E-state index is -0.176. The molecule has 2 aromatic carbocycles. The van der Waals surface area contributed by atoms with Crippen LogP contribution in [0.5, 0.6) is 11.6 Å². The average molecular weight is 523 g/mol. The number of amides is 1. The molecule has 5 rings (SSSR count). The molecule has 1 fully saturated rings. The first-order chi connectivity index (χ1) is 17.0. The van der Waals surface area contributed by atoms with E-state index in [1.165, 1.54) is 10.9 Å². The van der Waals surface area contributed by atoms with E-state index in [0.717, 1.165) is 37.0 Å². The molecule has 2 heterocycles. The molecule has 6 nitrogen and oxygen atoms in total. The first-order valence-electron chi connectivity index (χ1n) is 11.9. The van der Waals surface area contributed by atoms with Crippen molar-refractivity contribution >= 4 is 46.6 Å². The van der Waals surface area contributed by atoms with Crippen LogP contribution in [-0.4, -0.2) is 28.0 Å². The molecule has 1 amide bonds. The summed E-state index contributed by atoms with van der Waals surface area (Å²) in [5, 5.41) is 8.56. The number of anilines is 1. The Labute approximate surface area is 221 Å². The van der Waals surface area contributed by atoms with Crippen molar-refractivity contribution in [3.63, 3.8) is 0 Å². The molecule has 8 heteroatoms. The molecule has 2 aromatic heterocycles. The minimum absolute atomic E-state index is 0. The van der Waals surface area contributed by atoms with Gasteiger partial charge in [0.05, 0.1) is 5.52 Å². The number of para-hydroxylation sites is 1. The number of rotatable bonds is 6. The van der Waals surface area contributed by atoms with E-state index < -0.39 is 0 Å². The molecular weight excluding hydrogens is 495 g/mol. The number of aryl methyl sites for hydroxylation is 1. The lowest BCUT2D eigenvalue weighted by Gasteiger charge is -2.30. The zero-order valence-corrected chi connectivity index (χ0v) is 21.5. The minimum Gasteiger partial charge on any atom is -0.438 e. The summed E-state index contributed by atoms with van der Waals surface area (Å²) in [7, 11) is 0. The third-order valence-electron chi connectivity index (χ3n) is 6.38. The lowest BCUT2D eigenvalue weighted by atomic mass is 9.91. The van der Waals surface area contributed by atoms with Crippen molar-refractivity contribution in [2.24, 2.45) is 0 Å². The summed E-state index contributed by atoms with van der Waals surface area (Å²) in [5.41, 5.74) is 2.63. The number of carbonyl (C=O) groups is 1. The summed E-state index contributed by atoms with van der Waals surface area (Å²) in [6.07, 6.45) is 5.31. The lowest BCUT2D eigenvalue weighted by Crippen LogP contribution is -2.40. The van der Waals surface area contributed by atoms with E-state index in [9.17, 15) is 4.79 Å². The van der Waals surface area contributed by atoms with Crippen LogP contribution in [0, 0.1) is 6.92 Å². The molecule has 2 N–H and O–H groups in total. The monoisotopic (exact) mass is 522 g/mol. The van der Waals surface area contributed by atoms with Gasteiger partial charge in [0.15, 0.2) is 0 Å². The van der Waals surface area contributed by atoms with Crippen LogP contribution in [0.1, 0.15) is 41.6 Å². The highest BCUT2D eigenvalue weighted by Crippen LogP contribution is 2.27. The molecule has 36 heavy (non-hydrogen) atoms. The second-order valence-electron chi connectivity index (χ2n) is 8.92. The van der Waals surface area contributed by atoms with Gasteiger partial charge in [0, 0.05) is 28.7 Å². The molecule has 0 bridgehead atoms. The highest BCUT2D eigenvalue weighted by molar-refractivity contribution is 6.30. The number of aromatic nitrogens is 2. The standard InChI is InChI=1S/C28H27ClN4O2.ClH/c1-18-17-26(33-25-7-3-2-5-23(18)25)31-20-10-12-21(13-11-20)32-27(34)24-6-4-16-30-28(24)35-22-14-8-19(29)9-15-22;/h2-9,14-17,20-21H,10-13H2,1H3,(H,31,33)(H,32,34);1H. The smallest absolute Gasteiger partial charge is 0.257 e. The Morgan fingerprint density at radius 2 is 1.69 bits per heavy atom. The first kappa shape index (κ1) is 25.7. The number of halogens is 2. The maximum absolute atomic E-state index is 13.0. The maximum Gasteiger partial charge on any atom is 0.257 e. The van der Waals surface area contributed by atoms with E-state index in [1.807, 2.05) is 18.2 Å². The van der Waals surface area contributed by atoms with Crippen molar-refractivity contribution in [2.45, 2.75) is 44.7 Å². The summed E-state index contributed by atoms with van der Waals surface area (Å²) in [6.45, 7) is 2.12. The van der Waals surface area contributed by atoms with Crippen LogP contribution in [0.3, 0.4) is 0 Å². The van der Waals surface area contributed by atoms with Crippen LogP contribution in [0.2, 0.25) is 5.02 Å². The summed E-state index contributed by atoms with van der Waals surface area (Å²) in [5.74, 6) is 1.59. The van der Waals surface area contributed by atoms with Crippen LogP contribution >= 0.6 is 24.0 Å². The third-order valence-corrected chi connectivity index (χ3v) is 6.63. The number of hydrogen-bond acceptors (Lipinski definition) is 5. The molecule has 0 atom stereocenters. The first-order valence-corrected chi connectivity index (χ1v) is 12.3.